The number of hydrogen-bond donors (Lipinski definition) is 1. The molecule has 3 rings (SSSR count). The van der Waals surface area contributed by atoms with Crippen LogP contribution >= 0.6 is 0 Å². The predicted octanol–water partition coefficient (Wildman–Crippen LogP) is 3.73. The van der Waals surface area contributed by atoms with Crippen LogP contribution in [-0.4, -0.2) is 31.1 Å². The van der Waals surface area contributed by atoms with Gasteiger partial charge in [0.15, 0.2) is 0 Å². The van der Waals surface area contributed by atoms with Gasteiger partial charge in [0.1, 0.15) is 11.6 Å². The second kappa shape index (κ2) is 9.10. The van der Waals surface area contributed by atoms with Gasteiger partial charge < -0.3 is 15.4 Å². The lowest BCUT2D eigenvalue weighted by molar-refractivity contribution is 0.0997. The Kier molecular flexibility index (Phi) is 6.85. The van der Waals surface area contributed by atoms with E-state index in [0.717, 1.165) is 48.1 Å². The molecule has 2 N–H and O–H groups in total. The van der Waals surface area contributed by atoms with E-state index in [1.165, 1.54) is 13.5 Å². The number of methoxy groups -OCH3 is 1. The van der Waals surface area contributed by atoms with Crippen LogP contribution in [0.25, 0.3) is 10.8 Å². The highest BCUT2D eigenvalue weighted by atomic mass is 16.5. The maximum atomic E-state index is 11.8. The van der Waals surface area contributed by atoms with E-state index < -0.39 is 5.91 Å². The van der Waals surface area contributed by atoms with Crippen LogP contribution in [0.1, 0.15) is 56.0 Å². The molecule has 5 nitrogen and oxygen atoms in total. The Hall–Kier alpha value is -2.74. The molecular formula is C21H27N3O2. The average molecular weight is 353 g/mol. The van der Waals surface area contributed by atoms with Crippen molar-refractivity contribution in [2.24, 2.45) is 5.73 Å². The molecular weight excluding hydrogens is 326 g/mol. The monoisotopic (exact) mass is 353 g/mol. The van der Waals surface area contributed by atoms with Crippen molar-refractivity contribution < 1.29 is 9.53 Å². The number of amides is 1. The Morgan fingerprint density at radius 2 is 1.88 bits per heavy atom. The van der Waals surface area contributed by atoms with Crippen molar-refractivity contribution >= 4 is 22.5 Å². The molecule has 5 heteroatoms. The summed E-state index contributed by atoms with van der Waals surface area (Å²) in [5.41, 5.74) is 6.66. The van der Waals surface area contributed by atoms with Crippen molar-refractivity contribution in [2.45, 2.75) is 40.0 Å². The highest BCUT2D eigenvalue weighted by Gasteiger charge is 2.19. The number of pyridine rings is 1. The van der Waals surface area contributed by atoms with Gasteiger partial charge >= 0.3 is 0 Å². The van der Waals surface area contributed by atoms with Crippen molar-refractivity contribution in [3.05, 3.63) is 29.5 Å². The average Bonchev–Trinajstić information content (AvgIpc) is 2.69. The van der Waals surface area contributed by atoms with E-state index in [1.807, 2.05) is 19.9 Å². The number of ether oxygens (including phenoxy) is 1. The Morgan fingerprint density at radius 1 is 1.19 bits per heavy atom. The van der Waals surface area contributed by atoms with Crippen LogP contribution in [0.3, 0.4) is 0 Å². The highest BCUT2D eigenvalue weighted by molar-refractivity contribution is 6.05. The van der Waals surface area contributed by atoms with Crippen molar-refractivity contribution in [2.75, 3.05) is 25.1 Å². The van der Waals surface area contributed by atoms with Gasteiger partial charge in [-0.1, -0.05) is 19.8 Å². The maximum absolute atomic E-state index is 11.8. The topological polar surface area (TPSA) is 68.5 Å². The minimum absolute atomic E-state index is 0.361. The zero-order valence-electron chi connectivity index (χ0n) is 16.1. The van der Waals surface area contributed by atoms with Crippen molar-refractivity contribution in [1.29, 1.82) is 0 Å². The first kappa shape index (κ1) is 19.6. The van der Waals surface area contributed by atoms with E-state index in [2.05, 4.69) is 21.7 Å². The third-order valence-electron chi connectivity index (χ3n) is 4.37. The third kappa shape index (κ3) is 3.91. The molecule has 1 aliphatic heterocycles. The quantitative estimate of drug-likeness (QED) is 0.854. The molecule has 1 amide bonds. The number of nitrogens with two attached hydrogens (primary N) is 1. The molecule has 0 radical (unpaired) electrons. The fourth-order valence-electron chi connectivity index (χ4n) is 3.21. The van der Waals surface area contributed by atoms with Gasteiger partial charge in [0.2, 0.25) is 0 Å². The highest BCUT2D eigenvalue weighted by Crippen LogP contribution is 2.34. The van der Waals surface area contributed by atoms with E-state index in [0.29, 0.717) is 11.3 Å². The molecule has 0 saturated carbocycles. The van der Waals surface area contributed by atoms with Crippen molar-refractivity contribution in [3.63, 3.8) is 0 Å². The first-order valence-electron chi connectivity index (χ1n) is 9.14. The number of nitrogens with zero attached hydrogens (tertiary/aromatic N) is 2. The zero-order chi connectivity index (χ0) is 19.1. The standard InChI is InChI=1S/C19H21N3O2.C2H6/c1-3-7-13-12-21-19(22-8-5-4-6-9-22)15-11-17(24-2)16(18(20)23)10-14(13)15;1-2/h10-12H,4-6,8-9H2,1-2H3,(H2,20,23);1-2H3. The van der Waals surface area contributed by atoms with E-state index in [1.54, 1.807) is 19.2 Å². The molecule has 0 spiro atoms. The molecule has 0 bridgehead atoms. The second-order valence-corrected chi connectivity index (χ2v) is 5.88. The summed E-state index contributed by atoms with van der Waals surface area (Å²) in [5, 5.41) is 1.83. The number of benzene rings is 1. The van der Waals surface area contributed by atoms with Gasteiger partial charge in [0.25, 0.3) is 5.91 Å². The smallest absolute Gasteiger partial charge is 0.252 e. The summed E-state index contributed by atoms with van der Waals surface area (Å²) in [6.07, 6.45) is 5.36. The minimum Gasteiger partial charge on any atom is -0.496 e. The van der Waals surface area contributed by atoms with Gasteiger partial charge in [-0.3, -0.25) is 4.79 Å². The number of carbonyl (C=O) groups is 1. The van der Waals surface area contributed by atoms with Gasteiger partial charge in [-0.25, -0.2) is 4.98 Å². The van der Waals surface area contributed by atoms with Gasteiger partial charge in [0, 0.05) is 30.1 Å². The summed E-state index contributed by atoms with van der Waals surface area (Å²) >= 11 is 0. The van der Waals surface area contributed by atoms with Gasteiger partial charge in [-0.05, 0) is 38.3 Å². The number of carbonyl (C=O) groups excluding carboxylic acids is 1. The van der Waals surface area contributed by atoms with Gasteiger partial charge in [0.05, 0.1) is 18.2 Å². The van der Waals surface area contributed by atoms with Crippen LogP contribution in [0.15, 0.2) is 18.3 Å². The van der Waals surface area contributed by atoms with E-state index in [4.69, 9.17) is 10.5 Å². The Bertz CT molecular complexity index is 844. The molecule has 138 valence electrons. The maximum Gasteiger partial charge on any atom is 0.252 e. The van der Waals surface area contributed by atoms with Crippen LogP contribution in [0.5, 0.6) is 5.75 Å². The SMILES string of the molecule is CC.CC#Cc1cnc(N2CCCCC2)c2cc(OC)c(C(N)=O)cc12. The third-order valence-corrected chi connectivity index (χ3v) is 4.37. The number of fused-ring (bicyclic) bond motifs is 1. The first-order chi connectivity index (χ1) is 12.7. The molecule has 1 saturated heterocycles. The van der Waals surface area contributed by atoms with Crippen LogP contribution in [0.4, 0.5) is 5.82 Å². The lowest BCUT2D eigenvalue weighted by atomic mass is 10.0. The number of piperidine rings is 1. The molecule has 1 aromatic carbocycles. The van der Waals surface area contributed by atoms with Gasteiger partial charge in [-0.15, -0.1) is 5.92 Å². The number of primary amides is 1. The number of anilines is 1. The number of hydrogen-bond acceptors (Lipinski definition) is 4. The van der Waals surface area contributed by atoms with Crippen LogP contribution in [0, 0.1) is 11.8 Å². The molecule has 0 aliphatic carbocycles. The lowest BCUT2D eigenvalue weighted by Crippen LogP contribution is -2.30. The van der Waals surface area contributed by atoms with Crippen molar-refractivity contribution in [3.8, 4) is 17.6 Å². The summed E-state index contributed by atoms with van der Waals surface area (Å²) in [4.78, 5) is 18.7. The van der Waals surface area contributed by atoms with E-state index in [9.17, 15) is 4.79 Å². The molecule has 1 fully saturated rings. The fourth-order valence-corrected chi connectivity index (χ4v) is 3.21. The number of rotatable bonds is 3. The second-order valence-electron chi connectivity index (χ2n) is 5.88. The summed E-state index contributed by atoms with van der Waals surface area (Å²) < 4.78 is 5.37. The van der Waals surface area contributed by atoms with E-state index >= 15 is 0 Å². The summed E-state index contributed by atoms with van der Waals surface area (Å²) in [7, 11) is 1.54. The minimum atomic E-state index is -0.513. The Labute approximate surface area is 155 Å². The molecule has 2 aromatic rings. The molecule has 26 heavy (non-hydrogen) atoms. The van der Waals surface area contributed by atoms with Crippen LogP contribution in [0.2, 0.25) is 0 Å². The zero-order valence-corrected chi connectivity index (χ0v) is 16.1. The normalized spacial score (nSPS) is 13.3. The molecule has 0 unspecified atom stereocenters. The van der Waals surface area contributed by atoms with E-state index in [-0.39, 0.29) is 0 Å². The largest absolute Gasteiger partial charge is 0.496 e. The molecule has 1 aliphatic rings. The first-order valence-corrected chi connectivity index (χ1v) is 9.14. The summed E-state index contributed by atoms with van der Waals surface area (Å²) in [6, 6.07) is 3.62. The van der Waals surface area contributed by atoms with Gasteiger partial charge in [-0.2, -0.15) is 0 Å². The molecule has 2 heterocycles. The molecule has 0 atom stereocenters. The number of aromatic nitrogens is 1. The summed E-state index contributed by atoms with van der Waals surface area (Å²) in [5.74, 6) is 6.83. The van der Waals surface area contributed by atoms with Crippen molar-refractivity contribution in [1.82, 2.24) is 4.98 Å². The fraction of sp³-hybridized carbons (Fsp3) is 0.429. The molecule has 1 aromatic heterocycles. The Balaban J connectivity index is 0.00000117. The summed E-state index contributed by atoms with van der Waals surface area (Å²) in [6.45, 7) is 7.75. The lowest BCUT2D eigenvalue weighted by Gasteiger charge is -2.29. The predicted molar refractivity (Wildman–Crippen MR) is 107 cm³/mol. The van der Waals surface area contributed by atoms with Crippen LogP contribution < -0.4 is 15.4 Å². The Morgan fingerprint density at radius 3 is 2.46 bits per heavy atom. The van der Waals surface area contributed by atoms with Crippen LogP contribution in [-0.2, 0) is 0 Å².